The molecule has 1 amide bonds. The van der Waals surface area contributed by atoms with E-state index in [1.165, 1.54) is 4.88 Å². The standard InChI is InChI=1S/C31H23N7OS/c1-18-7-10-26(40-18)30-29-25(11-12-33-30)35-31(36-29)28-23-15-20(8-9-24(23)37-38-28)21-14-22(17-32-16-21)34-27(39)13-19-5-3-2-4-6-19/h2-12,14-17H,13H2,1H3,(H,34,39)(H,35,36)(H,37,38). The Morgan fingerprint density at radius 2 is 1.82 bits per heavy atom. The highest BCUT2D eigenvalue weighted by Crippen LogP contribution is 2.34. The summed E-state index contributed by atoms with van der Waals surface area (Å²) in [6.07, 6.45) is 5.55. The molecule has 8 nitrogen and oxygen atoms in total. The fraction of sp³-hybridized carbons (Fsp3) is 0.0645. The fourth-order valence-electron chi connectivity index (χ4n) is 4.82. The number of amides is 1. The van der Waals surface area contributed by atoms with Gasteiger partial charge >= 0.3 is 0 Å². The van der Waals surface area contributed by atoms with Crippen molar-refractivity contribution in [2.75, 3.05) is 5.32 Å². The van der Waals surface area contributed by atoms with Gasteiger partial charge in [0.05, 0.1) is 34.2 Å². The highest BCUT2D eigenvalue weighted by Gasteiger charge is 2.17. The Bertz CT molecular complexity index is 2010. The predicted octanol–water partition coefficient (Wildman–Crippen LogP) is 6.78. The number of aromatic amines is 2. The van der Waals surface area contributed by atoms with Crippen LogP contribution in [-0.2, 0) is 11.2 Å². The number of rotatable bonds is 6. The molecule has 40 heavy (non-hydrogen) atoms. The van der Waals surface area contributed by atoms with Crippen LogP contribution in [0.15, 0.2) is 91.4 Å². The number of H-pyrrole nitrogens is 2. The largest absolute Gasteiger partial charge is 0.336 e. The molecule has 3 N–H and O–H groups in total. The van der Waals surface area contributed by atoms with Gasteiger partial charge in [0.2, 0.25) is 5.91 Å². The molecule has 5 heterocycles. The third-order valence-corrected chi connectivity index (χ3v) is 7.73. The number of thiophene rings is 1. The van der Waals surface area contributed by atoms with Crippen molar-refractivity contribution in [1.82, 2.24) is 30.1 Å². The van der Waals surface area contributed by atoms with Crippen LogP contribution in [0.3, 0.4) is 0 Å². The van der Waals surface area contributed by atoms with E-state index in [4.69, 9.17) is 4.98 Å². The lowest BCUT2D eigenvalue weighted by atomic mass is 10.0. The van der Waals surface area contributed by atoms with Crippen LogP contribution in [0.1, 0.15) is 10.4 Å². The number of imidazole rings is 1. The molecule has 0 aliphatic rings. The minimum atomic E-state index is -0.0887. The number of hydrogen-bond donors (Lipinski definition) is 3. The molecule has 0 fully saturated rings. The average Bonchev–Trinajstić information content (AvgIpc) is 3.71. The summed E-state index contributed by atoms with van der Waals surface area (Å²) in [5, 5.41) is 11.6. The second kappa shape index (κ2) is 9.87. The van der Waals surface area contributed by atoms with E-state index < -0.39 is 0 Å². The van der Waals surface area contributed by atoms with E-state index in [1.54, 1.807) is 29.9 Å². The van der Waals surface area contributed by atoms with Crippen LogP contribution >= 0.6 is 11.3 Å². The zero-order chi connectivity index (χ0) is 27.1. The highest BCUT2D eigenvalue weighted by molar-refractivity contribution is 7.15. The van der Waals surface area contributed by atoms with Gasteiger partial charge in [0.25, 0.3) is 0 Å². The fourth-order valence-corrected chi connectivity index (χ4v) is 5.68. The molecule has 5 aromatic heterocycles. The molecule has 0 spiro atoms. The Labute approximate surface area is 233 Å². The van der Waals surface area contributed by atoms with Gasteiger partial charge < -0.3 is 10.3 Å². The number of nitrogens with zero attached hydrogens (tertiary/aromatic N) is 4. The SMILES string of the molecule is Cc1ccc(-c2nccc3[nH]c(-c4n[nH]c5ccc(-c6cncc(NC(=O)Cc7ccccc7)c6)cc45)nc23)s1. The van der Waals surface area contributed by atoms with Crippen molar-refractivity contribution in [1.29, 1.82) is 0 Å². The van der Waals surface area contributed by atoms with Crippen LogP contribution < -0.4 is 5.32 Å². The number of aryl methyl sites for hydroxylation is 1. The van der Waals surface area contributed by atoms with E-state index in [-0.39, 0.29) is 5.91 Å². The summed E-state index contributed by atoms with van der Waals surface area (Å²) < 4.78 is 0. The first kappa shape index (κ1) is 23.9. The zero-order valence-corrected chi connectivity index (χ0v) is 22.3. The Hall–Kier alpha value is -5.15. The first-order valence-corrected chi connectivity index (χ1v) is 13.6. The number of benzene rings is 2. The van der Waals surface area contributed by atoms with Gasteiger partial charge in [0.15, 0.2) is 5.82 Å². The number of aromatic nitrogens is 6. The molecule has 9 heteroatoms. The number of carbonyl (C=O) groups is 1. The Morgan fingerprint density at radius 3 is 2.67 bits per heavy atom. The van der Waals surface area contributed by atoms with E-state index in [9.17, 15) is 4.79 Å². The molecule has 2 aromatic carbocycles. The third kappa shape index (κ3) is 4.52. The molecule has 7 rings (SSSR count). The number of nitrogens with one attached hydrogen (secondary N) is 3. The Kier molecular flexibility index (Phi) is 5.90. The third-order valence-electron chi connectivity index (χ3n) is 6.72. The lowest BCUT2D eigenvalue weighted by Crippen LogP contribution is -2.14. The van der Waals surface area contributed by atoms with Gasteiger partial charge in [0, 0.05) is 28.2 Å². The minimum Gasteiger partial charge on any atom is -0.336 e. The molecule has 0 saturated heterocycles. The lowest BCUT2D eigenvalue weighted by Gasteiger charge is -2.08. The van der Waals surface area contributed by atoms with E-state index in [1.807, 2.05) is 54.6 Å². The van der Waals surface area contributed by atoms with Crippen LogP contribution in [0.25, 0.3) is 55.2 Å². The number of carbonyl (C=O) groups excluding carboxylic acids is 1. The van der Waals surface area contributed by atoms with Gasteiger partial charge in [-0.3, -0.25) is 19.9 Å². The monoisotopic (exact) mass is 541 g/mol. The number of anilines is 1. The van der Waals surface area contributed by atoms with Crippen molar-refractivity contribution >= 4 is 44.9 Å². The maximum atomic E-state index is 12.6. The lowest BCUT2D eigenvalue weighted by molar-refractivity contribution is -0.115. The summed E-state index contributed by atoms with van der Waals surface area (Å²) >= 11 is 1.70. The molecule has 0 atom stereocenters. The van der Waals surface area contributed by atoms with Crippen molar-refractivity contribution in [3.05, 3.63) is 102 Å². The number of pyridine rings is 2. The van der Waals surface area contributed by atoms with Gasteiger partial charge in [-0.05, 0) is 54.4 Å². The van der Waals surface area contributed by atoms with Gasteiger partial charge in [-0.2, -0.15) is 5.10 Å². The van der Waals surface area contributed by atoms with E-state index in [0.717, 1.165) is 54.9 Å². The summed E-state index contributed by atoms with van der Waals surface area (Å²) in [4.78, 5) is 32.2. The molecule has 7 aromatic rings. The highest BCUT2D eigenvalue weighted by atomic mass is 32.1. The first-order chi connectivity index (χ1) is 19.6. The maximum absolute atomic E-state index is 12.6. The number of fused-ring (bicyclic) bond motifs is 2. The summed E-state index contributed by atoms with van der Waals surface area (Å²) in [5.41, 5.74) is 7.64. The normalized spacial score (nSPS) is 11.3. The summed E-state index contributed by atoms with van der Waals surface area (Å²) in [7, 11) is 0. The average molecular weight is 542 g/mol. The summed E-state index contributed by atoms with van der Waals surface area (Å²) in [5.74, 6) is 0.579. The molecular formula is C31H23N7OS. The number of hydrogen-bond acceptors (Lipinski definition) is 6. The van der Waals surface area contributed by atoms with Crippen LogP contribution in [-0.4, -0.2) is 36.0 Å². The van der Waals surface area contributed by atoms with Crippen molar-refractivity contribution in [3.63, 3.8) is 0 Å². The molecule has 0 unspecified atom stereocenters. The Balaban J connectivity index is 1.21. The predicted molar refractivity (Wildman–Crippen MR) is 159 cm³/mol. The molecule has 194 valence electrons. The van der Waals surface area contributed by atoms with Crippen molar-refractivity contribution in [2.45, 2.75) is 13.3 Å². The van der Waals surface area contributed by atoms with E-state index in [2.05, 4.69) is 55.6 Å². The van der Waals surface area contributed by atoms with Crippen molar-refractivity contribution in [2.24, 2.45) is 0 Å². The minimum absolute atomic E-state index is 0.0887. The van der Waals surface area contributed by atoms with Gasteiger partial charge in [-0.25, -0.2) is 4.98 Å². The van der Waals surface area contributed by atoms with Crippen LogP contribution in [0, 0.1) is 6.92 Å². The van der Waals surface area contributed by atoms with Crippen LogP contribution in [0.4, 0.5) is 5.69 Å². The van der Waals surface area contributed by atoms with Crippen molar-refractivity contribution in [3.8, 4) is 33.2 Å². The van der Waals surface area contributed by atoms with Crippen LogP contribution in [0.5, 0.6) is 0 Å². The van der Waals surface area contributed by atoms with Gasteiger partial charge in [0.1, 0.15) is 16.9 Å². The molecule has 0 saturated carbocycles. The van der Waals surface area contributed by atoms with E-state index in [0.29, 0.717) is 17.9 Å². The van der Waals surface area contributed by atoms with Gasteiger partial charge in [-0.15, -0.1) is 11.3 Å². The summed E-state index contributed by atoms with van der Waals surface area (Å²) in [6, 6.07) is 23.8. The Morgan fingerprint density at radius 1 is 0.925 bits per heavy atom. The molecule has 0 aliphatic carbocycles. The van der Waals surface area contributed by atoms with E-state index >= 15 is 0 Å². The van der Waals surface area contributed by atoms with Crippen LogP contribution in [0.2, 0.25) is 0 Å². The molecule has 0 radical (unpaired) electrons. The molecular weight excluding hydrogens is 518 g/mol. The van der Waals surface area contributed by atoms with Gasteiger partial charge in [-0.1, -0.05) is 36.4 Å². The second-order valence-corrected chi connectivity index (χ2v) is 10.8. The second-order valence-electron chi connectivity index (χ2n) is 9.56. The summed E-state index contributed by atoms with van der Waals surface area (Å²) in [6.45, 7) is 2.08. The first-order valence-electron chi connectivity index (χ1n) is 12.8. The molecule has 0 aliphatic heterocycles. The zero-order valence-electron chi connectivity index (χ0n) is 21.5. The molecule has 0 bridgehead atoms. The van der Waals surface area contributed by atoms with Crippen molar-refractivity contribution < 1.29 is 4.79 Å². The topological polar surface area (TPSA) is 112 Å². The quantitative estimate of drug-likeness (QED) is 0.215. The maximum Gasteiger partial charge on any atom is 0.228 e. The smallest absolute Gasteiger partial charge is 0.228 e.